The van der Waals surface area contributed by atoms with E-state index in [0.29, 0.717) is 6.04 Å². The van der Waals surface area contributed by atoms with Gasteiger partial charge in [0.15, 0.2) is 0 Å². The Morgan fingerprint density at radius 2 is 2.17 bits per heavy atom. The van der Waals surface area contributed by atoms with E-state index in [-0.39, 0.29) is 0 Å². The molecule has 1 aromatic rings. The SMILES string of the molecule is CCNC(CCC(C)C)c1cc2c(s1)CCSC2. The average molecular weight is 284 g/mol. The van der Waals surface area contributed by atoms with Gasteiger partial charge < -0.3 is 5.32 Å². The Kier molecular flexibility index (Phi) is 5.58. The summed E-state index contributed by atoms with van der Waals surface area (Å²) in [5, 5.41) is 3.67. The summed E-state index contributed by atoms with van der Waals surface area (Å²) in [6, 6.07) is 3.05. The summed E-state index contributed by atoms with van der Waals surface area (Å²) in [7, 11) is 0. The number of nitrogens with one attached hydrogen (secondary N) is 1. The highest BCUT2D eigenvalue weighted by atomic mass is 32.2. The van der Waals surface area contributed by atoms with Gasteiger partial charge in [0.1, 0.15) is 0 Å². The molecule has 3 heteroatoms. The summed E-state index contributed by atoms with van der Waals surface area (Å²) < 4.78 is 0. The number of fused-ring (bicyclic) bond motifs is 1. The van der Waals surface area contributed by atoms with Gasteiger partial charge in [-0.1, -0.05) is 20.8 Å². The normalized spacial score (nSPS) is 16.9. The number of aryl methyl sites for hydroxylation is 1. The van der Waals surface area contributed by atoms with Gasteiger partial charge in [0.25, 0.3) is 0 Å². The molecular weight excluding hydrogens is 258 g/mol. The zero-order chi connectivity index (χ0) is 13.0. The predicted octanol–water partition coefficient (Wildman–Crippen LogP) is 4.62. The molecule has 0 radical (unpaired) electrons. The molecule has 0 saturated heterocycles. The number of rotatable bonds is 6. The average Bonchev–Trinajstić information content (AvgIpc) is 2.77. The van der Waals surface area contributed by atoms with Crippen LogP contribution in [-0.2, 0) is 12.2 Å². The van der Waals surface area contributed by atoms with E-state index in [0.717, 1.165) is 12.5 Å². The predicted molar refractivity (Wildman–Crippen MR) is 84.7 cm³/mol. The third-order valence-electron chi connectivity index (χ3n) is 3.47. The lowest BCUT2D eigenvalue weighted by molar-refractivity contribution is 0.453. The maximum Gasteiger partial charge on any atom is 0.0415 e. The lowest BCUT2D eigenvalue weighted by atomic mass is 10.0. The summed E-state index contributed by atoms with van der Waals surface area (Å²) in [6.45, 7) is 7.92. The van der Waals surface area contributed by atoms with Crippen LogP contribution < -0.4 is 5.32 Å². The van der Waals surface area contributed by atoms with Crippen molar-refractivity contribution in [2.24, 2.45) is 5.92 Å². The van der Waals surface area contributed by atoms with Crippen molar-refractivity contribution in [3.63, 3.8) is 0 Å². The van der Waals surface area contributed by atoms with Crippen LogP contribution in [0.15, 0.2) is 6.07 Å². The molecule has 18 heavy (non-hydrogen) atoms. The Hall–Kier alpha value is 0.01000. The van der Waals surface area contributed by atoms with Crippen molar-refractivity contribution in [2.75, 3.05) is 12.3 Å². The molecular formula is C15H25NS2. The Balaban J connectivity index is 2.06. The second-order valence-electron chi connectivity index (χ2n) is 5.48. The van der Waals surface area contributed by atoms with Gasteiger partial charge in [-0.15, -0.1) is 11.3 Å². The zero-order valence-electron chi connectivity index (χ0n) is 11.8. The highest BCUT2D eigenvalue weighted by Gasteiger charge is 2.18. The number of hydrogen-bond donors (Lipinski definition) is 1. The Morgan fingerprint density at radius 1 is 1.33 bits per heavy atom. The summed E-state index contributed by atoms with van der Waals surface area (Å²) in [5.74, 6) is 3.34. The van der Waals surface area contributed by atoms with E-state index in [2.05, 4.69) is 55.3 Å². The highest BCUT2D eigenvalue weighted by Crippen LogP contribution is 2.36. The first-order valence-electron chi connectivity index (χ1n) is 7.13. The quantitative estimate of drug-likeness (QED) is 0.817. The maximum atomic E-state index is 3.67. The molecule has 0 spiro atoms. The van der Waals surface area contributed by atoms with Crippen LogP contribution in [-0.4, -0.2) is 12.3 Å². The summed E-state index contributed by atoms with van der Waals surface area (Å²) in [4.78, 5) is 3.22. The fourth-order valence-electron chi connectivity index (χ4n) is 2.43. The summed E-state index contributed by atoms with van der Waals surface area (Å²) in [5.41, 5.74) is 1.61. The Bertz CT molecular complexity index is 347. The monoisotopic (exact) mass is 283 g/mol. The van der Waals surface area contributed by atoms with E-state index in [1.54, 1.807) is 15.3 Å². The highest BCUT2D eigenvalue weighted by molar-refractivity contribution is 7.98. The van der Waals surface area contributed by atoms with Crippen LogP contribution in [0, 0.1) is 5.92 Å². The van der Waals surface area contributed by atoms with Crippen molar-refractivity contribution in [3.8, 4) is 0 Å². The molecule has 1 N–H and O–H groups in total. The number of thioether (sulfide) groups is 1. The Labute approximate surface area is 120 Å². The van der Waals surface area contributed by atoms with E-state index < -0.39 is 0 Å². The van der Waals surface area contributed by atoms with E-state index in [1.807, 2.05) is 0 Å². The largest absolute Gasteiger partial charge is 0.310 e. The van der Waals surface area contributed by atoms with Gasteiger partial charge in [0, 0.05) is 21.5 Å². The van der Waals surface area contributed by atoms with Gasteiger partial charge >= 0.3 is 0 Å². The molecule has 0 amide bonds. The second-order valence-corrected chi connectivity index (χ2v) is 7.75. The molecule has 2 heterocycles. The van der Waals surface area contributed by atoms with Crippen molar-refractivity contribution in [1.29, 1.82) is 0 Å². The lowest BCUT2D eigenvalue weighted by Crippen LogP contribution is -2.20. The molecule has 1 atom stereocenters. The van der Waals surface area contributed by atoms with Crippen molar-refractivity contribution < 1.29 is 0 Å². The van der Waals surface area contributed by atoms with Gasteiger partial charge in [-0.2, -0.15) is 11.8 Å². The van der Waals surface area contributed by atoms with Crippen LogP contribution in [0.25, 0.3) is 0 Å². The van der Waals surface area contributed by atoms with Crippen LogP contribution in [0.3, 0.4) is 0 Å². The van der Waals surface area contributed by atoms with Crippen LogP contribution in [0.1, 0.15) is 55.0 Å². The van der Waals surface area contributed by atoms with Gasteiger partial charge in [0.05, 0.1) is 0 Å². The molecule has 0 saturated carbocycles. The van der Waals surface area contributed by atoms with Crippen LogP contribution in [0.5, 0.6) is 0 Å². The molecule has 0 aliphatic carbocycles. The van der Waals surface area contributed by atoms with E-state index in [1.165, 1.54) is 30.8 Å². The number of thiophene rings is 1. The summed E-state index contributed by atoms with van der Waals surface area (Å²) in [6.07, 6.45) is 3.88. The third kappa shape index (κ3) is 3.75. The molecule has 102 valence electrons. The molecule has 1 aromatic heterocycles. The molecule has 0 bridgehead atoms. The minimum Gasteiger partial charge on any atom is -0.310 e. The molecule has 0 fully saturated rings. The second kappa shape index (κ2) is 6.97. The fraction of sp³-hybridized carbons (Fsp3) is 0.733. The van der Waals surface area contributed by atoms with E-state index >= 15 is 0 Å². The maximum absolute atomic E-state index is 3.67. The van der Waals surface area contributed by atoms with Crippen LogP contribution >= 0.6 is 23.1 Å². The van der Waals surface area contributed by atoms with Gasteiger partial charge in [-0.3, -0.25) is 0 Å². The molecule has 1 aliphatic rings. The van der Waals surface area contributed by atoms with Crippen LogP contribution in [0.4, 0.5) is 0 Å². The molecule has 2 rings (SSSR count). The van der Waals surface area contributed by atoms with E-state index in [9.17, 15) is 0 Å². The number of hydrogen-bond acceptors (Lipinski definition) is 3. The standard InChI is InChI=1S/C15H25NS2/c1-4-16-13(6-5-11(2)3)15-9-12-10-17-8-7-14(12)18-15/h9,11,13,16H,4-8,10H2,1-3H3. The van der Waals surface area contributed by atoms with Gasteiger partial charge in [0.2, 0.25) is 0 Å². The van der Waals surface area contributed by atoms with Gasteiger partial charge in [-0.05, 0) is 49.1 Å². The van der Waals surface area contributed by atoms with Crippen molar-refractivity contribution >= 4 is 23.1 Å². The summed E-state index contributed by atoms with van der Waals surface area (Å²) >= 11 is 4.14. The molecule has 0 aromatic carbocycles. The van der Waals surface area contributed by atoms with Crippen molar-refractivity contribution in [1.82, 2.24) is 5.32 Å². The first kappa shape index (κ1) is 14.4. The van der Waals surface area contributed by atoms with Gasteiger partial charge in [-0.25, -0.2) is 0 Å². The zero-order valence-corrected chi connectivity index (χ0v) is 13.4. The van der Waals surface area contributed by atoms with E-state index in [4.69, 9.17) is 0 Å². The molecule has 1 unspecified atom stereocenters. The first-order chi connectivity index (χ1) is 8.70. The molecule has 1 aliphatic heterocycles. The van der Waals surface area contributed by atoms with Crippen LogP contribution in [0.2, 0.25) is 0 Å². The van der Waals surface area contributed by atoms with Crippen molar-refractivity contribution in [3.05, 3.63) is 21.4 Å². The minimum atomic E-state index is 0.581. The third-order valence-corrected chi connectivity index (χ3v) is 5.83. The Morgan fingerprint density at radius 3 is 2.83 bits per heavy atom. The minimum absolute atomic E-state index is 0.581. The fourth-order valence-corrected chi connectivity index (χ4v) is 4.92. The molecule has 1 nitrogen and oxygen atoms in total. The first-order valence-corrected chi connectivity index (χ1v) is 9.10. The topological polar surface area (TPSA) is 12.0 Å². The smallest absolute Gasteiger partial charge is 0.0415 e. The lowest BCUT2D eigenvalue weighted by Gasteiger charge is -2.17. The van der Waals surface area contributed by atoms with Crippen molar-refractivity contribution in [2.45, 2.75) is 51.8 Å².